The van der Waals surface area contributed by atoms with E-state index < -0.39 is 0 Å². The molecule has 0 spiro atoms. The van der Waals surface area contributed by atoms with E-state index in [2.05, 4.69) is 16.4 Å². The third-order valence-corrected chi connectivity index (χ3v) is 6.78. The van der Waals surface area contributed by atoms with Crippen LogP contribution in [0.3, 0.4) is 0 Å². The molecule has 0 unspecified atom stereocenters. The number of carbonyl (C=O) groups is 3. The zero-order chi connectivity index (χ0) is 25.5. The third-order valence-electron chi connectivity index (χ3n) is 5.88. The van der Waals surface area contributed by atoms with E-state index in [1.54, 1.807) is 31.2 Å². The molecule has 0 aromatic heterocycles. The Labute approximate surface area is 215 Å². The van der Waals surface area contributed by atoms with Crippen molar-refractivity contribution in [1.29, 1.82) is 0 Å². The first-order chi connectivity index (χ1) is 17.5. The first-order valence-electron chi connectivity index (χ1n) is 11.8. The molecule has 2 aromatic carbocycles. The zero-order valence-electron chi connectivity index (χ0n) is 20.2. The van der Waals surface area contributed by atoms with Crippen molar-refractivity contribution in [2.24, 2.45) is 0 Å². The van der Waals surface area contributed by atoms with Crippen molar-refractivity contribution in [2.45, 2.75) is 6.92 Å². The Morgan fingerprint density at radius 3 is 2.36 bits per heavy atom. The summed E-state index contributed by atoms with van der Waals surface area (Å²) in [5, 5.41) is -0.255. The summed E-state index contributed by atoms with van der Waals surface area (Å²) < 4.78 is 10.5. The smallest absolute Gasteiger partial charge is 0.338 e. The fourth-order valence-corrected chi connectivity index (χ4v) is 4.79. The normalized spacial score (nSPS) is 17.5. The van der Waals surface area contributed by atoms with Gasteiger partial charge >= 0.3 is 5.97 Å². The summed E-state index contributed by atoms with van der Waals surface area (Å²) in [7, 11) is 0. The number of imide groups is 1. The molecule has 2 fully saturated rings. The van der Waals surface area contributed by atoms with E-state index >= 15 is 0 Å². The van der Waals surface area contributed by atoms with Gasteiger partial charge in [-0.3, -0.25) is 19.4 Å². The van der Waals surface area contributed by atoms with Crippen molar-refractivity contribution in [1.82, 2.24) is 9.80 Å². The lowest BCUT2D eigenvalue weighted by molar-refractivity contribution is -0.124. The molecule has 0 atom stereocenters. The molecule has 0 saturated carbocycles. The molecule has 36 heavy (non-hydrogen) atoms. The van der Waals surface area contributed by atoms with E-state index in [0.29, 0.717) is 42.5 Å². The summed E-state index contributed by atoms with van der Waals surface area (Å²) >= 11 is 0.967. The van der Waals surface area contributed by atoms with Crippen molar-refractivity contribution >= 4 is 40.6 Å². The van der Waals surface area contributed by atoms with Gasteiger partial charge in [0, 0.05) is 31.9 Å². The van der Waals surface area contributed by atoms with Gasteiger partial charge in [-0.15, -0.1) is 0 Å². The number of carbonyl (C=O) groups excluding carboxylic acids is 3. The Morgan fingerprint density at radius 2 is 1.72 bits per heavy atom. The summed E-state index contributed by atoms with van der Waals surface area (Å²) in [5.41, 5.74) is 2.38. The summed E-state index contributed by atoms with van der Waals surface area (Å²) in [6.45, 7) is 9.39. The maximum atomic E-state index is 12.9. The van der Waals surface area contributed by atoms with E-state index in [0.717, 1.165) is 36.1 Å². The molecule has 2 aliphatic heterocycles. The Kier molecular flexibility index (Phi) is 8.45. The van der Waals surface area contributed by atoms with Crippen molar-refractivity contribution in [3.63, 3.8) is 0 Å². The Morgan fingerprint density at radius 1 is 1.03 bits per heavy atom. The predicted octanol–water partition coefficient (Wildman–Crippen LogP) is 4.24. The van der Waals surface area contributed by atoms with E-state index in [1.807, 2.05) is 36.4 Å². The molecule has 8 nitrogen and oxygen atoms in total. The number of rotatable bonds is 9. The fourth-order valence-electron chi connectivity index (χ4n) is 3.96. The highest BCUT2D eigenvalue weighted by Gasteiger charge is 2.36. The molecule has 2 amide bonds. The van der Waals surface area contributed by atoms with Gasteiger partial charge in [-0.2, -0.15) is 0 Å². The van der Waals surface area contributed by atoms with E-state index in [4.69, 9.17) is 9.47 Å². The van der Waals surface area contributed by atoms with E-state index in [9.17, 15) is 14.4 Å². The van der Waals surface area contributed by atoms with Crippen molar-refractivity contribution in [2.75, 3.05) is 51.0 Å². The molecular formula is C27H29N3O5S. The standard InChI is InChI=1S/C27H29N3O5S/c1-3-17-35-23-11-5-20(6-12-23)18-24-25(31)30(27(33)36-24)19-28-13-15-29(16-14-28)22-9-7-21(8-10-22)26(32)34-4-2/h3,5-12,18H,1,4,13-17,19H2,2H3/b24-18+. The second kappa shape index (κ2) is 11.9. The second-order valence-corrected chi connectivity index (χ2v) is 9.29. The Hall–Kier alpha value is -3.56. The van der Waals surface area contributed by atoms with Gasteiger partial charge in [-0.25, -0.2) is 4.79 Å². The topological polar surface area (TPSA) is 79.4 Å². The molecule has 2 heterocycles. The molecule has 2 aliphatic rings. The van der Waals surface area contributed by atoms with Crippen LogP contribution in [0.5, 0.6) is 5.75 Å². The van der Waals surface area contributed by atoms with Crippen LogP contribution in [-0.4, -0.2) is 73.0 Å². The van der Waals surface area contributed by atoms with Gasteiger partial charge < -0.3 is 14.4 Å². The van der Waals surface area contributed by atoms with Gasteiger partial charge in [0.15, 0.2) is 0 Å². The molecule has 2 aromatic rings. The molecule has 0 radical (unpaired) electrons. The number of thioether (sulfide) groups is 1. The summed E-state index contributed by atoms with van der Waals surface area (Å²) in [4.78, 5) is 43.4. The monoisotopic (exact) mass is 507 g/mol. The van der Waals surface area contributed by atoms with Crippen LogP contribution < -0.4 is 9.64 Å². The molecular weight excluding hydrogens is 478 g/mol. The third kappa shape index (κ3) is 6.16. The van der Waals surface area contributed by atoms with Gasteiger partial charge in [-0.05, 0) is 66.7 Å². The molecule has 0 N–H and O–H groups in total. The zero-order valence-corrected chi connectivity index (χ0v) is 21.0. The number of hydrogen-bond acceptors (Lipinski definition) is 8. The minimum atomic E-state index is -0.324. The predicted molar refractivity (Wildman–Crippen MR) is 141 cm³/mol. The lowest BCUT2D eigenvalue weighted by Crippen LogP contribution is -2.50. The van der Waals surface area contributed by atoms with Crippen LogP contribution in [0.1, 0.15) is 22.8 Å². The first-order valence-corrected chi connectivity index (χ1v) is 12.6. The largest absolute Gasteiger partial charge is 0.490 e. The SMILES string of the molecule is C=CCOc1ccc(/C=C2/SC(=O)N(CN3CCN(c4ccc(C(=O)OCC)cc4)CC3)C2=O)cc1. The Bertz CT molecular complexity index is 1140. The number of nitrogens with zero attached hydrogens (tertiary/aromatic N) is 3. The average molecular weight is 508 g/mol. The van der Waals surface area contributed by atoms with Gasteiger partial charge in [0.1, 0.15) is 12.4 Å². The van der Waals surface area contributed by atoms with E-state index in [-0.39, 0.29) is 23.8 Å². The average Bonchev–Trinajstić information content (AvgIpc) is 3.16. The van der Waals surface area contributed by atoms with Crippen LogP contribution in [0.4, 0.5) is 10.5 Å². The van der Waals surface area contributed by atoms with Crippen LogP contribution in [0.2, 0.25) is 0 Å². The first kappa shape index (κ1) is 25.5. The van der Waals surface area contributed by atoms with Crippen LogP contribution in [-0.2, 0) is 9.53 Å². The molecule has 188 valence electrons. The Balaban J connectivity index is 1.30. The lowest BCUT2D eigenvalue weighted by atomic mass is 10.2. The number of amides is 2. The summed E-state index contributed by atoms with van der Waals surface area (Å²) in [5.74, 6) is 0.123. The maximum Gasteiger partial charge on any atom is 0.338 e. The lowest BCUT2D eigenvalue weighted by Gasteiger charge is -2.37. The number of esters is 1. The van der Waals surface area contributed by atoms with Gasteiger partial charge in [0.2, 0.25) is 0 Å². The highest BCUT2D eigenvalue weighted by Crippen LogP contribution is 2.32. The summed E-state index contributed by atoms with van der Waals surface area (Å²) in [6.07, 6.45) is 3.41. The fraction of sp³-hybridized carbons (Fsp3) is 0.296. The van der Waals surface area contributed by atoms with Crippen LogP contribution in [0.25, 0.3) is 6.08 Å². The van der Waals surface area contributed by atoms with Crippen LogP contribution in [0.15, 0.2) is 66.1 Å². The number of ether oxygens (including phenoxy) is 2. The van der Waals surface area contributed by atoms with Gasteiger partial charge in [0.05, 0.1) is 23.7 Å². The number of hydrogen-bond donors (Lipinski definition) is 0. The molecule has 2 saturated heterocycles. The van der Waals surface area contributed by atoms with Gasteiger partial charge in [0.25, 0.3) is 11.1 Å². The number of piperazine rings is 1. The molecule has 4 rings (SSSR count). The highest BCUT2D eigenvalue weighted by molar-refractivity contribution is 8.18. The maximum absolute atomic E-state index is 12.9. The number of benzene rings is 2. The van der Waals surface area contributed by atoms with Crippen LogP contribution in [0, 0.1) is 0 Å². The second-order valence-electron chi connectivity index (χ2n) is 8.29. The van der Waals surface area contributed by atoms with Crippen molar-refractivity contribution < 1.29 is 23.9 Å². The van der Waals surface area contributed by atoms with Crippen molar-refractivity contribution in [3.8, 4) is 5.75 Å². The molecule has 9 heteroatoms. The summed E-state index contributed by atoms with van der Waals surface area (Å²) in [6, 6.07) is 14.7. The highest BCUT2D eigenvalue weighted by atomic mass is 32.2. The quantitative estimate of drug-likeness (QED) is 0.283. The van der Waals surface area contributed by atoms with E-state index in [1.165, 1.54) is 4.90 Å². The van der Waals surface area contributed by atoms with Gasteiger partial charge in [-0.1, -0.05) is 24.8 Å². The molecule has 0 bridgehead atoms. The minimum absolute atomic E-state index is 0.255. The van der Waals surface area contributed by atoms with Crippen molar-refractivity contribution in [3.05, 3.63) is 77.2 Å². The number of anilines is 1. The minimum Gasteiger partial charge on any atom is -0.490 e. The van der Waals surface area contributed by atoms with Crippen LogP contribution >= 0.6 is 11.8 Å². The molecule has 0 aliphatic carbocycles.